The van der Waals surface area contributed by atoms with Crippen LogP contribution in [0.5, 0.6) is 0 Å². The molecule has 0 spiro atoms. The van der Waals surface area contributed by atoms with Crippen LogP contribution in [0.25, 0.3) is 0 Å². The SMILES string of the molecule is CS(=O)(=O)c1ccc(C(O)CNC2CC=CC2)cc1. The van der Waals surface area contributed by atoms with Crippen LogP contribution in [-0.4, -0.2) is 32.4 Å². The van der Waals surface area contributed by atoms with E-state index in [4.69, 9.17) is 0 Å². The zero-order valence-corrected chi connectivity index (χ0v) is 11.7. The first-order valence-electron chi connectivity index (χ1n) is 6.33. The van der Waals surface area contributed by atoms with Crippen LogP contribution < -0.4 is 5.32 Å². The molecular formula is C14H19NO3S. The molecule has 0 aliphatic heterocycles. The van der Waals surface area contributed by atoms with Crippen LogP contribution in [0.4, 0.5) is 0 Å². The maximum absolute atomic E-state index is 11.3. The van der Waals surface area contributed by atoms with Crippen molar-refractivity contribution in [3.8, 4) is 0 Å². The quantitative estimate of drug-likeness (QED) is 0.801. The molecule has 4 nitrogen and oxygen atoms in total. The monoisotopic (exact) mass is 281 g/mol. The lowest BCUT2D eigenvalue weighted by atomic mass is 10.1. The number of hydrogen-bond acceptors (Lipinski definition) is 4. The van der Waals surface area contributed by atoms with Gasteiger partial charge in [0.2, 0.25) is 0 Å². The van der Waals surface area contributed by atoms with Gasteiger partial charge in [-0.15, -0.1) is 0 Å². The second-order valence-electron chi connectivity index (χ2n) is 4.90. The Bertz CT molecular complexity index is 541. The Morgan fingerprint density at radius 2 is 1.84 bits per heavy atom. The lowest BCUT2D eigenvalue weighted by Gasteiger charge is -2.16. The molecule has 5 heteroatoms. The Morgan fingerprint density at radius 1 is 1.26 bits per heavy atom. The van der Waals surface area contributed by atoms with Gasteiger partial charge in [0.05, 0.1) is 11.0 Å². The Balaban J connectivity index is 1.93. The molecule has 1 aromatic carbocycles. The van der Waals surface area contributed by atoms with Crippen molar-refractivity contribution in [3.63, 3.8) is 0 Å². The highest BCUT2D eigenvalue weighted by Crippen LogP contribution is 2.17. The van der Waals surface area contributed by atoms with Crippen LogP contribution in [-0.2, 0) is 9.84 Å². The molecule has 2 N–H and O–H groups in total. The minimum absolute atomic E-state index is 0.274. The highest BCUT2D eigenvalue weighted by molar-refractivity contribution is 7.90. The van der Waals surface area contributed by atoms with Gasteiger partial charge < -0.3 is 10.4 Å². The molecule has 104 valence electrons. The fraction of sp³-hybridized carbons (Fsp3) is 0.429. The smallest absolute Gasteiger partial charge is 0.175 e. The summed E-state index contributed by atoms with van der Waals surface area (Å²) in [5, 5.41) is 13.3. The number of rotatable bonds is 5. The van der Waals surface area contributed by atoms with Gasteiger partial charge in [0, 0.05) is 18.8 Å². The van der Waals surface area contributed by atoms with E-state index >= 15 is 0 Å². The first-order chi connectivity index (χ1) is 8.97. The molecule has 0 heterocycles. The molecule has 0 bridgehead atoms. The number of aliphatic hydroxyl groups excluding tert-OH is 1. The average molecular weight is 281 g/mol. The van der Waals surface area contributed by atoms with Crippen molar-refractivity contribution in [1.82, 2.24) is 5.32 Å². The summed E-state index contributed by atoms with van der Waals surface area (Å²) in [6.45, 7) is 0.477. The molecule has 0 aromatic heterocycles. The van der Waals surface area contributed by atoms with E-state index in [9.17, 15) is 13.5 Å². The van der Waals surface area contributed by atoms with Crippen LogP contribution >= 0.6 is 0 Å². The molecule has 0 saturated heterocycles. The van der Waals surface area contributed by atoms with Gasteiger partial charge in [0.1, 0.15) is 0 Å². The van der Waals surface area contributed by atoms with E-state index in [0.717, 1.165) is 18.4 Å². The van der Waals surface area contributed by atoms with Crippen LogP contribution in [0, 0.1) is 0 Å². The largest absolute Gasteiger partial charge is 0.387 e. The summed E-state index contributed by atoms with van der Waals surface area (Å²) >= 11 is 0. The van der Waals surface area contributed by atoms with Crippen LogP contribution in [0.1, 0.15) is 24.5 Å². The van der Waals surface area contributed by atoms with Gasteiger partial charge in [0.25, 0.3) is 0 Å². The maximum Gasteiger partial charge on any atom is 0.175 e. The van der Waals surface area contributed by atoms with Crippen LogP contribution in [0.2, 0.25) is 0 Å². The van der Waals surface area contributed by atoms with Gasteiger partial charge in [-0.25, -0.2) is 8.42 Å². The molecule has 1 aliphatic rings. The number of hydrogen-bond donors (Lipinski definition) is 2. The number of sulfone groups is 1. The molecule has 1 aromatic rings. The normalized spacial score (nSPS) is 17.8. The van der Waals surface area contributed by atoms with Crippen molar-refractivity contribution in [2.24, 2.45) is 0 Å². The van der Waals surface area contributed by atoms with Crippen LogP contribution in [0.15, 0.2) is 41.3 Å². The fourth-order valence-corrected chi connectivity index (χ4v) is 2.75. The van der Waals surface area contributed by atoms with Gasteiger partial charge in [-0.2, -0.15) is 0 Å². The second-order valence-corrected chi connectivity index (χ2v) is 6.92. The van der Waals surface area contributed by atoms with E-state index in [2.05, 4.69) is 17.5 Å². The molecule has 0 radical (unpaired) electrons. The summed E-state index contributed by atoms with van der Waals surface area (Å²) in [4.78, 5) is 0.274. The third kappa shape index (κ3) is 3.89. The zero-order valence-electron chi connectivity index (χ0n) is 10.9. The number of aliphatic hydroxyl groups is 1. The summed E-state index contributed by atoms with van der Waals surface area (Å²) in [7, 11) is -3.18. The number of benzene rings is 1. The third-order valence-corrected chi connectivity index (χ3v) is 4.43. The van der Waals surface area contributed by atoms with E-state index in [1.807, 2.05) is 0 Å². The van der Waals surface area contributed by atoms with Crippen molar-refractivity contribution in [2.45, 2.75) is 29.9 Å². The lowest BCUT2D eigenvalue weighted by molar-refractivity contribution is 0.170. The van der Waals surface area contributed by atoms with E-state index in [1.54, 1.807) is 12.1 Å². The van der Waals surface area contributed by atoms with E-state index in [-0.39, 0.29) is 4.90 Å². The molecule has 0 amide bonds. The first kappa shape index (κ1) is 14.2. The first-order valence-corrected chi connectivity index (χ1v) is 8.22. The van der Waals surface area contributed by atoms with Crippen molar-refractivity contribution in [1.29, 1.82) is 0 Å². The topological polar surface area (TPSA) is 66.4 Å². The third-order valence-electron chi connectivity index (χ3n) is 3.30. The van der Waals surface area contributed by atoms with Crippen LogP contribution in [0.3, 0.4) is 0 Å². The average Bonchev–Trinajstić information content (AvgIpc) is 2.88. The van der Waals surface area contributed by atoms with Crippen molar-refractivity contribution >= 4 is 9.84 Å². The molecule has 1 unspecified atom stereocenters. The van der Waals surface area contributed by atoms with E-state index < -0.39 is 15.9 Å². The molecule has 0 fully saturated rings. The summed E-state index contributed by atoms with van der Waals surface area (Å²) in [6, 6.07) is 6.80. The minimum atomic E-state index is -3.18. The van der Waals surface area contributed by atoms with Crippen molar-refractivity contribution < 1.29 is 13.5 Å². The lowest BCUT2D eigenvalue weighted by Crippen LogP contribution is -2.30. The zero-order chi connectivity index (χ0) is 13.9. The van der Waals surface area contributed by atoms with E-state index in [1.165, 1.54) is 18.4 Å². The van der Waals surface area contributed by atoms with E-state index in [0.29, 0.717) is 12.6 Å². The fourth-order valence-electron chi connectivity index (χ4n) is 2.12. The Hall–Kier alpha value is -1.17. The maximum atomic E-state index is 11.3. The minimum Gasteiger partial charge on any atom is -0.387 e. The molecule has 1 aliphatic carbocycles. The molecule has 0 saturated carbocycles. The standard InChI is InChI=1S/C14H19NO3S/c1-19(17,18)13-8-6-11(7-9-13)14(16)10-15-12-4-2-3-5-12/h2-3,6-9,12,14-16H,4-5,10H2,1H3. The molecule has 2 rings (SSSR count). The molecule has 19 heavy (non-hydrogen) atoms. The van der Waals surface area contributed by atoms with Gasteiger partial charge in [-0.05, 0) is 30.5 Å². The Kier molecular flexibility index (Phi) is 4.39. The summed E-state index contributed by atoms with van der Waals surface area (Å²) in [5.41, 5.74) is 0.728. The number of nitrogens with one attached hydrogen (secondary N) is 1. The molecular weight excluding hydrogens is 262 g/mol. The Morgan fingerprint density at radius 3 is 2.37 bits per heavy atom. The summed E-state index contributed by atoms with van der Waals surface area (Å²) in [5.74, 6) is 0. The highest BCUT2D eigenvalue weighted by atomic mass is 32.2. The van der Waals surface area contributed by atoms with Crippen molar-refractivity contribution in [2.75, 3.05) is 12.8 Å². The van der Waals surface area contributed by atoms with Crippen molar-refractivity contribution in [3.05, 3.63) is 42.0 Å². The molecule has 1 atom stereocenters. The summed E-state index contributed by atoms with van der Waals surface area (Å²) in [6.07, 6.45) is 6.82. The highest BCUT2D eigenvalue weighted by Gasteiger charge is 2.14. The van der Waals surface area contributed by atoms with Gasteiger partial charge in [-0.3, -0.25) is 0 Å². The second kappa shape index (κ2) is 5.86. The Labute approximate surface area is 114 Å². The van der Waals surface area contributed by atoms with Gasteiger partial charge in [-0.1, -0.05) is 24.3 Å². The van der Waals surface area contributed by atoms with Gasteiger partial charge in [0.15, 0.2) is 9.84 Å². The summed E-state index contributed by atoms with van der Waals surface area (Å²) < 4.78 is 22.7. The predicted molar refractivity (Wildman–Crippen MR) is 74.7 cm³/mol. The van der Waals surface area contributed by atoms with Gasteiger partial charge >= 0.3 is 0 Å². The predicted octanol–water partition coefficient (Wildman–Crippen LogP) is 1.43.